The molecule has 1 atom stereocenters. The molecular weight excluding hydrogens is 314 g/mol. The van der Waals surface area contributed by atoms with E-state index in [1.54, 1.807) is 0 Å². The summed E-state index contributed by atoms with van der Waals surface area (Å²) in [5.41, 5.74) is 11.4. The molecule has 1 aromatic heterocycles. The Labute approximate surface area is 129 Å². The number of nitrogens with zero attached hydrogens (tertiary/aromatic N) is 2. The van der Waals surface area contributed by atoms with Crippen LogP contribution in [0.4, 0.5) is 0 Å². The lowest BCUT2D eigenvalue weighted by molar-refractivity contribution is 0.536. The van der Waals surface area contributed by atoms with E-state index in [0.717, 1.165) is 29.6 Å². The Kier molecular flexibility index (Phi) is 5.00. The minimum Gasteiger partial charge on any atom is -0.322 e. The molecule has 0 fully saturated rings. The fourth-order valence-electron chi connectivity index (χ4n) is 2.41. The first-order valence-electron chi connectivity index (χ1n) is 7.05. The normalized spacial score (nSPS) is 12.7. The molecular formula is C16H22BrN3. The van der Waals surface area contributed by atoms with Crippen molar-refractivity contribution in [1.82, 2.24) is 9.78 Å². The van der Waals surface area contributed by atoms with Gasteiger partial charge in [-0.25, -0.2) is 0 Å². The van der Waals surface area contributed by atoms with Crippen LogP contribution in [0.2, 0.25) is 0 Å². The minimum atomic E-state index is -0.0412. The Hall–Kier alpha value is -1.13. The second-order valence-corrected chi connectivity index (χ2v) is 6.18. The van der Waals surface area contributed by atoms with Crippen LogP contribution >= 0.6 is 15.9 Å². The van der Waals surface area contributed by atoms with Crippen LogP contribution in [0.1, 0.15) is 41.8 Å². The predicted molar refractivity (Wildman–Crippen MR) is 86.8 cm³/mol. The van der Waals surface area contributed by atoms with E-state index in [1.165, 1.54) is 16.7 Å². The lowest BCUT2D eigenvalue weighted by Gasteiger charge is -2.15. The summed E-state index contributed by atoms with van der Waals surface area (Å²) in [5, 5.41) is 4.39. The van der Waals surface area contributed by atoms with Gasteiger partial charge in [-0.1, -0.05) is 25.1 Å². The van der Waals surface area contributed by atoms with Gasteiger partial charge in [-0.15, -0.1) is 0 Å². The van der Waals surface area contributed by atoms with Crippen LogP contribution in [0.25, 0.3) is 0 Å². The Bertz CT molecular complexity index is 589. The summed E-state index contributed by atoms with van der Waals surface area (Å²) in [6, 6.07) is 6.51. The van der Waals surface area contributed by atoms with Crippen molar-refractivity contribution in [2.75, 3.05) is 0 Å². The van der Waals surface area contributed by atoms with Crippen LogP contribution in [0.3, 0.4) is 0 Å². The molecule has 0 amide bonds. The van der Waals surface area contributed by atoms with E-state index in [9.17, 15) is 0 Å². The molecule has 0 aliphatic heterocycles. The van der Waals surface area contributed by atoms with Crippen molar-refractivity contribution in [2.24, 2.45) is 5.73 Å². The third-order valence-corrected chi connectivity index (χ3v) is 4.26. The third-order valence-electron chi connectivity index (χ3n) is 3.65. The van der Waals surface area contributed by atoms with Gasteiger partial charge in [0.15, 0.2) is 0 Å². The van der Waals surface area contributed by atoms with E-state index in [0.29, 0.717) is 0 Å². The molecule has 0 saturated heterocycles. The maximum absolute atomic E-state index is 6.40. The van der Waals surface area contributed by atoms with Gasteiger partial charge in [-0.2, -0.15) is 5.10 Å². The van der Waals surface area contributed by atoms with Gasteiger partial charge in [0.25, 0.3) is 0 Å². The highest BCUT2D eigenvalue weighted by atomic mass is 79.9. The molecule has 1 heterocycles. The summed E-state index contributed by atoms with van der Waals surface area (Å²) in [4.78, 5) is 0. The van der Waals surface area contributed by atoms with Gasteiger partial charge in [0, 0.05) is 6.54 Å². The molecule has 2 N–H and O–H groups in total. The second kappa shape index (κ2) is 6.55. The summed E-state index contributed by atoms with van der Waals surface area (Å²) in [6.07, 6.45) is 3.72. The first kappa shape index (κ1) is 15.3. The zero-order valence-electron chi connectivity index (χ0n) is 12.4. The number of benzene rings is 1. The van der Waals surface area contributed by atoms with E-state index in [4.69, 9.17) is 5.73 Å². The molecule has 20 heavy (non-hydrogen) atoms. The predicted octanol–water partition coefficient (Wildman–Crippen LogP) is 3.91. The van der Waals surface area contributed by atoms with Crippen molar-refractivity contribution in [1.29, 1.82) is 0 Å². The van der Waals surface area contributed by atoms with Gasteiger partial charge in [0.2, 0.25) is 0 Å². The zero-order valence-corrected chi connectivity index (χ0v) is 13.9. The Morgan fingerprint density at radius 3 is 2.70 bits per heavy atom. The van der Waals surface area contributed by atoms with Gasteiger partial charge < -0.3 is 5.73 Å². The summed E-state index contributed by atoms with van der Waals surface area (Å²) in [6.45, 7) is 7.32. The molecule has 2 rings (SSSR count). The highest BCUT2D eigenvalue weighted by Crippen LogP contribution is 2.25. The zero-order chi connectivity index (χ0) is 14.7. The maximum atomic E-state index is 6.40. The molecule has 1 aromatic carbocycles. The van der Waals surface area contributed by atoms with Crippen LogP contribution in [0, 0.1) is 13.8 Å². The van der Waals surface area contributed by atoms with Crippen molar-refractivity contribution in [3.8, 4) is 0 Å². The van der Waals surface area contributed by atoms with Crippen molar-refractivity contribution in [3.63, 3.8) is 0 Å². The molecule has 0 radical (unpaired) electrons. The lowest BCUT2D eigenvalue weighted by Crippen LogP contribution is -2.19. The smallest absolute Gasteiger partial charge is 0.0696 e. The van der Waals surface area contributed by atoms with Crippen LogP contribution in [0.5, 0.6) is 0 Å². The number of rotatable bonds is 5. The van der Waals surface area contributed by atoms with Gasteiger partial charge >= 0.3 is 0 Å². The molecule has 3 nitrogen and oxygen atoms in total. The van der Waals surface area contributed by atoms with Crippen LogP contribution < -0.4 is 5.73 Å². The maximum Gasteiger partial charge on any atom is 0.0696 e. The highest BCUT2D eigenvalue weighted by molar-refractivity contribution is 9.10. The summed E-state index contributed by atoms with van der Waals surface area (Å²) < 4.78 is 3.01. The fourth-order valence-corrected chi connectivity index (χ4v) is 3.00. The van der Waals surface area contributed by atoms with E-state index < -0.39 is 0 Å². The summed E-state index contributed by atoms with van der Waals surface area (Å²) in [7, 11) is 0. The molecule has 0 spiro atoms. The van der Waals surface area contributed by atoms with Crippen molar-refractivity contribution in [2.45, 2.75) is 46.2 Å². The van der Waals surface area contributed by atoms with Crippen LogP contribution in [-0.2, 0) is 13.0 Å². The third kappa shape index (κ3) is 3.30. The van der Waals surface area contributed by atoms with Crippen molar-refractivity contribution >= 4 is 15.9 Å². The average molecular weight is 336 g/mol. The molecule has 4 heteroatoms. The molecule has 0 saturated carbocycles. The summed E-state index contributed by atoms with van der Waals surface area (Å²) >= 11 is 3.56. The first-order chi connectivity index (χ1) is 9.52. The number of hydrogen-bond donors (Lipinski definition) is 1. The van der Waals surface area contributed by atoms with E-state index >= 15 is 0 Å². The van der Waals surface area contributed by atoms with Gasteiger partial charge in [-0.3, -0.25) is 4.68 Å². The standard InChI is InChI=1S/C16H22BrN3/c1-4-7-20-16(14(17)10-19-20)15(18)9-13-6-5-11(2)12(3)8-13/h5-6,8,10,15H,4,7,9,18H2,1-3H3. The van der Waals surface area contributed by atoms with Crippen LogP contribution in [-0.4, -0.2) is 9.78 Å². The topological polar surface area (TPSA) is 43.8 Å². The number of aromatic nitrogens is 2. The Balaban J connectivity index is 2.21. The monoisotopic (exact) mass is 335 g/mol. The largest absolute Gasteiger partial charge is 0.322 e. The minimum absolute atomic E-state index is 0.0412. The van der Waals surface area contributed by atoms with Gasteiger partial charge in [0.05, 0.1) is 22.4 Å². The number of halogens is 1. The van der Waals surface area contributed by atoms with E-state index in [2.05, 4.69) is 60.0 Å². The fraction of sp³-hybridized carbons (Fsp3) is 0.438. The second-order valence-electron chi connectivity index (χ2n) is 5.33. The average Bonchev–Trinajstić information content (AvgIpc) is 2.76. The molecule has 2 aromatic rings. The Morgan fingerprint density at radius 2 is 2.05 bits per heavy atom. The van der Waals surface area contributed by atoms with Gasteiger partial charge in [-0.05, 0) is 59.3 Å². The van der Waals surface area contributed by atoms with Crippen LogP contribution in [0.15, 0.2) is 28.9 Å². The number of nitrogens with two attached hydrogens (primary N) is 1. The molecule has 0 aliphatic rings. The van der Waals surface area contributed by atoms with Gasteiger partial charge in [0.1, 0.15) is 0 Å². The first-order valence-corrected chi connectivity index (χ1v) is 7.85. The summed E-state index contributed by atoms with van der Waals surface area (Å²) in [5.74, 6) is 0. The molecule has 1 unspecified atom stereocenters. The van der Waals surface area contributed by atoms with Crippen molar-refractivity contribution in [3.05, 3.63) is 51.3 Å². The SMILES string of the molecule is CCCn1ncc(Br)c1C(N)Cc1ccc(C)c(C)c1. The number of hydrogen-bond acceptors (Lipinski definition) is 2. The van der Waals surface area contributed by atoms with Crippen molar-refractivity contribution < 1.29 is 0 Å². The molecule has 0 bridgehead atoms. The Morgan fingerprint density at radius 1 is 1.30 bits per heavy atom. The van der Waals surface area contributed by atoms with E-state index in [1.807, 2.05) is 10.9 Å². The molecule has 0 aliphatic carbocycles. The number of aryl methyl sites for hydroxylation is 3. The highest BCUT2D eigenvalue weighted by Gasteiger charge is 2.17. The quantitative estimate of drug-likeness (QED) is 0.899. The van der Waals surface area contributed by atoms with E-state index in [-0.39, 0.29) is 6.04 Å². The molecule has 108 valence electrons. The lowest BCUT2D eigenvalue weighted by atomic mass is 10.00.